The van der Waals surface area contributed by atoms with E-state index in [0.717, 1.165) is 25.7 Å². The van der Waals surface area contributed by atoms with Crippen LogP contribution in [0.2, 0.25) is 0 Å². The molecule has 7 heteroatoms. The first-order chi connectivity index (χ1) is 15.1. The molecule has 0 spiro atoms. The maximum absolute atomic E-state index is 9.92. The lowest BCUT2D eigenvalue weighted by Gasteiger charge is -2.39. The zero-order chi connectivity index (χ0) is 22.7. The van der Waals surface area contributed by atoms with E-state index in [1.165, 1.54) is 77.0 Å². The van der Waals surface area contributed by atoms with E-state index in [2.05, 4.69) is 0 Å². The van der Waals surface area contributed by atoms with Gasteiger partial charge in [-0.15, -0.1) is 0 Å². The summed E-state index contributed by atoms with van der Waals surface area (Å²) in [6.07, 6.45) is 13.7. The van der Waals surface area contributed by atoms with Crippen molar-refractivity contribution in [1.82, 2.24) is 0 Å². The number of rotatable bonds is 20. The van der Waals surface area contributed by atoms with E-state index in [1.807, 2.05) is 0 Å². The van der Waals surface area contributed by atoms with E-state index in [-0.39, 0.29) is 0 Å². The van der Waals surface area contributed by atoms with E-state index in [4.69, 9.17) is 14.6 Å². The summed E-state index contributed by atoms with van der Waals surface area (Å²) in [6.45, 7) is 0.320. The fourth-order valence-electron chi connectivity index (χ4n) is 4.09. The van der Waals surface area contributed by atoms with Gasteiger partial charge in [-0.25, -0.2) is 0 Å². The van der Waals surface area contributed by atoms with Crippen LogP contribution in [-0.4, -0.2) is 76.1 Å². The van der Waals surface area contributed by atoms with Gasteiger partial charge in [-0.2, -0.15) is 0 Å². The third kappa shape index (κ3) is 13.1. The summed E-state index contributed by atoms with van der Waals surface area (Å²) in [6, 6.07) is 0. The molecule has 1 fully saturated rings. The fourth-order valence-corrected chi connectivity index (χ4v) is 4.09. The molecule has 186 valence electrons. The molecule has 5 N–H and O–H groups in total. The third-order valence-corrected chi connectivity index (χ3v) is 6.18. The molecule has 1 rings (SSSR count). The van der Waals surface area contributed by atoms with Crippen LogP contribution in [-0.2, 0) is 9.47 Å². The van der Waals surface area contributed by atoms with Crippen molar-refractivity contribution >= 4 is 0 Å². The summed E-state index contributed by atoms with van der Waals surface area (Å²) in [7, 11) is 0. The van der Waals surface area contributed by atoms with E-state index in [9.17, 15) is 20.4 Å². The highest BCUT2D eigenvalue weighted by molar-refractivity contribution is 4.88. The zero-order valence-electron chi connectivity index (χ0n) is 19.4. The van der Waals surface area contributed by atoms with Crippen LogP contribution in [0, 0.1) is 0 Å². The van der Waals surface area contributed by atoms with Crippen LogP contribution in [0.5, 0.6) is 0 Å². The van der Waals surface area contributed by atoms with Crippen molar-refractivity contribution in [2.45, 2.75) is 133 Å². The van der Waals surface area contributed by atoms with Crippen LogP contribution in [0.4, 0.5) is 0 Å². The second-order valence-corrected chi connectivity index (χ2v) is 8.95. The molecular formula is C24H48O7. The van der Waals surface area contributed by atoms with E-state index >= 15 is 0 Å². The number of hydrogen-bond donors (Lipinski definition) is 5. The molecule has 0 aromatic carbocycles. The van der Waals surface area contributed by atoms with Crippen LogP contribution < -0.4 is 0 Å². The molecule has 7 nitrogen and oxygen atoms in total. The Morgan fingerprint density at radius 3 is 1.35 bits per heavy atom. The number of aliphatic hydroxyl groups is 5. The Morgan fingerprint density at radius 1 is 0.516 bits per heavy atom. The van der Waals surface area contributed by atoms with Gasteiger partial charge >= 0.3 is 0 Å². The smallest absolute Gasteiger partial charge is 0.186 e. The second-order valence-electron chi connectivity index (χ2n) is 8.95. The van der Waals surface area contributed by atoms with Crippen molar-refractivity contribution in [2.24, 2.45) is 0 Å². The summed E-state index contributed by atoms with van der Waals surface area (Å²) in [4.78, 5) is 0. The summed E-state index contributed by atoms with van der Waals surface area (Å²) in [5.74, 6) is 0. The molecule has 1 saturated heterocycles. The molecule has 1 unspecified atom stereocenters. The van der Waals surface area contributed by atoms with Crippen molar-refractivity contribution in [3.63, 3.8) is 0 Å². The highest BCUT2D eigenvalue weighted by Crippen LogP contribution is 2.22. The highest BCUT2D eigenvalue weighted by atomic mass is 16.7. The van der Waals surface area contributed by atoms with Crippen LogP contribution >= 0.6 is 0 Å². The van der Waals surface area contributed by atoms with Crippen molar-refractivity contribution in [3.05, 3.63) is 0 Å². The van der Waals surface area contributed by atoms with E-state index in [1.54, 1.807) is 0 Å². The van der Waals surface area contributed by atoms with Gasteiger partial charge in [0, 0.05) is 13.2 Å². The fraction of sp³-hybridized carbons (Fsp3) is 1.00. The van der Waals surface area contributed by atoms with Crippen LogP contribution in [0.3, 0.4) is 0 Å². The number of unbranched alkanes of at least 4 members (excludes halogenated alkanes) is 15. The van der Waals surface area contributed by atoms with Gasteiger partial charge in [-0.05, 0) is 12.8 Å². The Balaban J connectivity index is 1.84. The van der Waals surface area contributed by atoms with Crippen molar-refractivity contribution in [1.29, 1.82) is 0 Å². The molecule has 0 bridgehead atoms. The van der Waals surface area contributed by atoms with E-state index < -0.39 is 37.3 Å². The molecule has 5 atom stereocenters. The molecule has 31 heavy (non-hydrogen) atoms. The normalized spacial score (nSPS) is 26.4. The lowest BCUT2D eigenvalue weighted by Crippen LogP contribution is -2.59. The lowest BCUT2D eigenvalue weighted by molar-refractivity contribution is -0.301. The average molecular weight is 449 g/mol. The quantitative estimate of drug-likeness (QED) is 0.182. The summed E-state index contributed by atoms with van der Waals surface area (Å²) < 4.78 is 10.8. The number of ether oxygens (including phenoxy) is 2. The minimum absolute atomic E-state index is 0.333. The Bertz CT molecular complexity index is 394. The van der Waals surface area contributed by atoms with Gasteiger partial charge in [0.2, 0.25) is 0 Å². The average Bonchev–Trinajstić information content (AvgIpc) is 2.78. The van der Waals surface area contributed by atoms with Gasteiger partial charge in [-0.3, -0.25) is 0 Å². The highest BCUT2D eigenvalue weighted by Gasteiger charge is 2.43. The first-order valence-electron chi connectivity index (χ1n) is 12.6. The third-order valence-electron chi connectivity index (χ3n) is 6.18. The second kappa shape index (κ2) is 19.2. The zero-order valence-corrected chi connectivity index (χ0v) is 19.4. The first-order valence-corrected chi connectivity index (χ1v) is 12.6. The predicted octanol–water partition coefficient (Wildman–Crippen LogP) is 3.04. The molecule has 0 saturated carbocycles. The van der Waals surface area contributed by atoms with Gasteiger partial charge in [-0.1, -0.05) is 89.9 Å². The largest absolute Gasteiger partial charge is 0.396 e. The molecule has 1 aliphatic heterocycles. The Kier molecular flexibility index (Phi) is 17.8. The van der Waals surface area contributed by atoms with Gasteiger partial charge in [0.15, 0.2) is 6.29 Å². The molecule has 0 aromatic rings. The standard InChI is InChI=1S/C24H48O7/c25-17-15-13-11-9-7-5-3-1-2-4-6-8-10-12-14-16-18-30-24-23(29)22(28)21(27)20(19-26)31-24/h20-29H,1-19H2/t20-,21-,22+,23-,24?/m1/s1. The topological polar surface area (TPSA) is 120 Å². The lowest BCUT2D eigenvalue weighted by atomic mass is 9.99. The summed E-state index contributed by atoms with van der Waals surface area (Å²) >= 11 is 0. The first kappa shape index (κ1) is 28.8. The van der Waals surface area contributed by atoms with Crippen LogP contribution in [0.15, 0.2) is 0 Å². The molecule has 0 radical (unpaired) electrons. The molecule has 1 heterocycles. The molecular weight excluding hydrogens is 400 g/mol. The Morgan fingerprint density at radius 2 is 0.935 bits per heavy atom. The molecule has 0 aromatic heterocycles. The van der Waals surface area contributed by atoms with E-state index in [0.29, 0.717) is 13.2 Å². The monoisotopic (exact) mass is 448 g/mol. The maximum Gasteiger partial charge on any atom is 0.186 e. The SMILES string of the molecule is OCCCCCCCCCCCCCCCCCCOC1O[C@H](CO)[C@@H](O)[C@H](O)[C@H]1O. The number of hydrogen-bond acceptors (Lipinski definition) is 7. The van der Waals surface area contributed by atoms with Crippen LogP contribution in [0.1, 0.15) is 103 Å². The maximum atomic E-state index is 9.92. The van der Waals surface area contributed by atoms with Gasteiger partial charge < -0.3 is 35.0 Å². The van der Waals surface area contributed by atoms with Gasteiger partial charge in [0.25, 0.3) is 0 Å². The van der Waals surface area contributed by atoms with Crippen molar-refractivity contribution < 1.29 is 35.0 Å². The Labute approximate surface area is 188 Å². The molecule has 0 amide bonds. The van der Waals surface area contributed by atoms with Crippen LogP contribution in [0.25, 0.3) is 0 Å². The van der Waals surface area contributed by atoms with Gasteiger partial charge in [0.1, 0.15) is 24.4 Å². The molecule has 0 aliphatic carbocycles. The minimum Gasteiger partial charge on any atom is -0.396 e. The summed E-state index contributed by atoms with van der Waals surface area (Å²) in [5.41, 5.74) is 0. The Hall–Kier alpha value is -0.280. The van der Waals surface area contributed by atoms with Crippen molar-refractivity contribution in [2.75, 3.05) is 19.8 Å². The molecule has 1 aliphatic rings. The minimum atomic E-state index is -1.38. The summed E-state index contributed by atoms with van der Waals surface area (Å²) in [5, 5.41) is 47.3. The van der Waals surface area contributed by atoms with Crippen molar-refractivity contribution in [3.8, 4) is 0 Å². The van der Waals surface area contributed by atoms with Gasteiger partial charge in [0.05, 0.1) is 6.61 Å². The predicted molar refractivity (Wildman–Crippen MR) is 121 cm³/mol. The number of aliphatic hydroxyl groups excluding tert-OH is 5.